The summed E-state index contributed by atoms with van der Waals surface area (Å²) >= 11 is 0. The first-order valence-electron chi connectivity index (χ1n) is 12.3. The lowest BCUT2D eigenvalue weighted by Gasteiger charge is -2.32. The molecule has 1 saturated heterocycles. The van der Waals surface area contributed by atoms with Crippen LogP contribution in [0.1, 0.15) is 61.5 Å². The Morgan fingerprint density at radius 1 is 1.19 bits per heavy atom. The molecular formula is C27H30N6O4. The van der Waals surface area contributed by atoms with Gasteiger partial charge in [-0.25, -0.2) is 9.78 Å². The van der Waals surface area contributed by atoms with Gasteiger partial charge in [0.05, 0.1) is 12.1 Å². The fourth-order valence-electron chi connectivity index (χ4n) is 4.37. The van der Waals surface area contributed by atoms with Gasteiger partial charge in [-0.1, -0.05) is 23.4 Å². The van der Waals surface area contributed by atoms with Crippen LogP contribution in [0.25, 0.3) is 17.0 Å². The number of likely N-dealkylation sites (tertiary alicyclic amines) is 1. The number of piperidine rings is 1. The Balaban J connectivity index is 1.32. The molecule has 37 heavy (non-hydrogen) atoms. The zero-order chi connectivity index (χ0) is 26.2. The van der Waals surface area contributed by atoms with E-state index >= 15 is 0 Å². The highest BCUT2D eigenvalue weighted by atomic mass is 16.6. The molecule has 1 aliphatic rings. The molecule has 4 heterocycles. The SMILES string of the molecule is Cc1ccc(-c2noc([C@H]3CCCN(C(=O)OC(C)(C)C)C3)n2)cc1NC(=O)c1cnc2ccccn12. The third-order valence-electron chi connectivity index (χ3n) is 6.26. The van der Waals surface area contributed by atoms with E-state index in [9.17, 15) is 9.59 Å². The van der Waals surface area contributed by atoms with Crippen LogP contribution in [-0.2, 0) is 4.74 Å². The number of benzene rings is 1. The number of carbonyl (C=O) groups excluding carboxylic acids is 2. The molecule has 5 rings (SSSR count). The van der Waals surface area contributed by atoms with E-state index in [1.807, 2.05) is 64.1 Å². The smallest absolute Gasteiger partial charge is 0.410 e. The van der Waals surface area contributed by atoms with Gasteiger partial charge in [0.25, 0.3) is 5.91 Å². The standard InChI is InChI=1S/C27H30N6O4/c1-17-10-11-18(14-20(17)29-24(34)21-15-28-22-9-5-6-13-33(21)22)23-30-25(37-31-23)19-8-7-12-32(16-19)26(35)36-27(2,3)4/h5-6,9-11,13-15,19H,7-8,12,16H2,1-4H3,(H,29,34)/t19-/m0/s1. The van der Waals surface area contributed by atoms with Crippen molar-refractivity contribution in [2.24, 2.45) is 0 Å². The Bertz CT molecular complexity index is 1450. The van der Waals surface area contributed by atoms with Crippen LogP contribution in [0.3, 0.4) is 0 Å². The maximum Gasteiger partial charge on any atom is 0.410 e. The van der Waals surface area contributed by atoms with E-state index < -0.39 is 5.60 Å². The molecule has 10 nitrogen and oxygen atoms in total. The highest BCUT2D eigenvalue weighted by Crippen LogP contribution is 2.30. The molecule has 1 fully saturated rings. The first kappa shape index (κ1) is 24.5. The third-order valence-corrected chi connectivity index (χ3v) is 6.26. The number of hydrogen-bond donors (Lipinski definition) is 1. The van der Waals surface area contributed by atoms with Gasteiger partial charge in [-0.15, -0.1) is 0 Å². The van der Waals surface area contributed by atoms with Crippen LogP contribution in [0.5, 0.6) is 0 Å². The lowest BCUT2D eigenvalue weighted by Crippen LogP contribution is -2.42. The summed E-state index contributed by atoms with van der Waals surface area (Å²) < 4.78 is 12.9. The highest BCUT2D eigenvalue weighted by molar-refractivity contribution is 6.04. The molecule has 0 unspecified atom stereocenters. The lowest BCUT2D eigenvalue weighted by molar-refractivity contribution is 0.0189. The molecule has 0 bridgehead atoms. The summed E-state index contributed by atoms with van der Waals surface area (Å²) in [6, 6.07) is 11.2. The predicted molar refractivity (Wildman–Crippen MR) is 137 cm³/mol. The first-order chi connectivity index (χ1) is 17.7. The Morgan fingerprint density at radius 2 is 2.03 bits per heavy atom. The van der Waals surface area contributed by atoms with Gasteiger partial charge in [-0.2, -0.15) is 4.98 Å². The number of nitrogens with zero attached hydrogens (tertiary/aromatic N) is 5. The molecule has 0 aliphatic carbocycles. The van der Waals surface area contributed by atoms with Gasteiger partial charge in [0.1, 0.15) is 16.9 Å². The Labute approximate surface area is 214 Å². The van der Waals surface area contributed by atoms with E-state index in [2.05, 4.69) is 20.4 Å². The third kappa shape index (κ3) is 5.32. The second kappa shape index (κ2) is 9.68. The molecule has 192 valence electrons. The van der Waals surface area contributed by atoms with Crippen LogP contribution in [0.2, 0.25) is 0 Å². The minimum absolute atomic E-state index is 0.0673. The zero-order valence-electron chi connectivity index (χ0n) is 21.4. The van der Waals surface area contributed by atoms with E-state index in [1.165, 1.54) is 0 Å². The molecule has 1 aliphatic heterocycles. The van der Waals surface area contributed by atoms with Crippen LogP contribution < -0.4 is 5.32 Å². The average Bonchev–Trinajstić information content (AvgIpc) is 3.52. The Hall–Kier alpha value is -4.21. The number of fused-ring (bicyclic) bond motifs is 1. The number of aromatic nitrogens is 4. The molecule has 4 aromatic rings. The number of imidazole rings is 1. The van der Waals surface area contributed by atoms with E-state index in [0.29, 0.717) is 47.4 Å². The quantitative estimate of drug-likeness (QED) is 0.415. The summed E-state index contributed by atoms with van der Waals surface area (Å²) in [5.41, 5.74) is 2.85. The summed E-state index contributed by atoms with van der Waals surface area (Å²) in [7, 11) is 0. The summed E-state index contributed by atoms with van der Waals surface area (Å²) in [5.74, 6) is 0.578. The van der Waals surface area contributed by atoms with Crippen molar-refractivity contribution in [1.29, 1.82) is 0 Å². The van der Waals surface area contributed by atoms with Crippen molar-refractivity contribution in [2.45, 2.75) is 52.1 Å². The molecule has 1 N–H and O–H groups in total. The molecular weight excluding hydrogens is 472 g/mol. The second-order valence-electron chi connectivity index (χ2n) is 10.3. The van der Waals surface area contributed by atoms with Crippen molar-refractivity contribution in [3.8, 4) is 11.4 Å². The number of rotatable bonds is 4. The molecule has 0 saturated carbocycles. The van der Waals surface area contributed by atoms with Crippen LogP contribution in [0.15, 0.2) is 53.3 Å². The zero-order valence-corrected chi connectivity index (χ0v) is 21.4. The van der Waals surface area contributed by atoms with Gasteiger partial charge in [-0.05, 0) is 64.3 Å². The molecule has 2 amide bonds. The molecule has 0 radical (unpaired) electrons. The molecule has 1 aromatic carbocycles. The van der Waals surface area contributed by atoms with Gasteiger partial charge in [0.2, 0.25) is 11.7 Å². The summed E-state index contributed by atoms with van der Waals surface area (Å²) in [5, 5.41) is 7.16. The highest BCUT2D eigenvalue weighted by Gasteiger charge is 2.31. The number of amides is 2. The van der Waals surface area contributed by atoms with Crippen LogP contribution in [0.4, 0.5) is 10.5 Å². The topological polar surface area (TPSA) is 115 Å². The van der Waals surface area contributed by atoms with Crippen molar-refractivity contribution in [3.63, 3.8) is 0 Å². The first-order valence-corrected chi connectivity index (χ1v) is 12.3. The normalized spacial score (nSPS) is 16.1. The van der Waals surface area contributed by atoms with E-state index in [0.717, 1.165) is 18.4 Å². The molecule has 0 spiro atoms. The fourth-order valence-corrected chi connectivity index (χ4v) is 4.37. The van der Waals surface area contributed by atoms with Crippen LogP contribution in [-0.4, -0.2) is 55.1 Å². The maximum atomic E-state index is 13.0. The number of pyridine rings is 1. The van der Waals surface area contributed by atoms with Crippen molar-refractivity contribution >= 4 is 23.3 Å². The van der Waals surface area contributed by atoms with Gasteiger partial charge in [0, 0.05) is 30.5 Å². The minimum atomic E-state index is -0.550. The summed E-state index contributed by atoms with van der Waals surface area (Å²) in [4.78, 5) is 36.2. The Morgan fingerprint density at radius 3 is 2.84 bits per heavy atom. The minimum Gasteiger partial charge on any atom is -0.444 e. The number of carbonyl (C=O) groups is 2. The maximum absolute atomic E-state index is 13.0. The monoisotopic (exact) mass is 502 g/mol. The number of hydrogen-bond acceptors (Lipinski definition) is 7. The Kier molecular flexibility index (Phi) is 6.41. The van der Waals surface area contributed by atoms with Gasteiger partial charge >= 0.3 is 6.09 Å². The molecule has 1 atom stereocenters. The fraction of sp³-hybridized carbons (Fsp3) is 0.370. The van der Waals surface area contributed by atoms with E-state index in [-0.39, 0.29) is 17.9 Å². The average molecular weight is 503 g/mol. The lowest BCUT2D eigenvalue weighted by atomic mass is 9.98. The summed E-state index contributed by atoms with van der Waals surface area (Å²) in [6.45, 7) is 8.58. The van der Waals surface area contributed by atoms with Gasteiger partial charge in [0.15, 0.2) is 0 Å². The van der Waals surface area contributed by atoms with E-state index in [1.54, 1.807) is 21.7 Å². The van der Waals surface area contributed by atoms with Crippen molar-refractivity contribution < 1.29 is 18.8 Å². The van der Waals surface area contributed by atoms with Gasteiger partial charge in [-0.3, -0.25) is 9.20 Å². The van der Waals surface area contributed by atoms with Crippen molar-refractivity contribution in [1.82, 2.24) is 24.4 Å². The van der Waals surface area contributed by atoms with Gasteiger partial charge < -0.3 is 19.5 Å². The molecule has 3 aromatic heterocycles. The van der Waals surface area contributed by atoms with E-state index in [4.69, 9.17) is 9.26 Å². The van der Waals surface area contributed by atoms with Crippen molar-refractivity contribution in [3.05, 3.63) is 65.9 Å². The largest absolute Gasteiger partial charge is 0.444 e. The number of nitrogens with one attached hydrogen (secondary N) is 1. The predicted octanol–water partition coefficient (Wildman–Crippen LogP) is 5.06. The van der Waals surface area contributed by atoms with Crippen molar-refractivity contribution in [2.75, 3.05) is 18.4 Å². The number of ether oxygens (including phenoxy) is 1. The van der Waals surface area contributed by atoms with Crippen LogP contribution in [0, 0.1) is 6.92 Å². The second-order valence-corrected chi connectivity index (χ2v) is 10.3. The van der Waals surface area contributed by atoms with Crippen LogP contribution >= 0.6 is 0 Å². The summed E-state index contributed by atoms with van der Waals surface area (Å²) in [6.07, 6.45) is 4.69. The molecule has 10 heteroatoms. The number of aryl methyl sites for hydroxylation is 1. The number of anilines is 1.